The highest BCUT2D eigenvalue weighted by molar-refractivity contribution is 5.80. The number of carboxylic acid groups (broad SMARTS) is 1. The molecular weight excluding hydrogens is 144 g/mol. The SMILES string of the molecule is CC(N)(C#N)C1(C(=O)O)CC1. The quantitative estimate of drug-likeness (QED) is 0.590. The lowest BCUT2D eigenvalue weighted by molar-refractivity contribution is -0.145. The first kappa shape index (κ1) is 8.02. The zero-order chi connectivity index (χ0) is 8.70. The predicted octanol–water partition coefficient (Wildman–Crippen LogP) is 0.0922. The van der Waals surface area contributed by atoms with Crippen LogP contribution in [0.15, 0.2) is 0 Å². The van der Waals surface area contributed by atoms with E-state index in [4.69, 9.17) is 16.1 Å². The number of nitriles is 1. The molecule has 0 aromatic rings. The van der Waals surface area contributed by atoms with E-state index in [1.165, 1.54) is 6.92 Å². The summed E-state index contributed by atoms with van der Waals surface area (Å²) in [5.74, 6) is -0.955. The van der Waals surface area contributed by atoms with Crippen LogP contribution in [-0.2, 0) is 4.79 Å². The third-order valence-electron chi connectivity index (χ3n) is 2.39. The van der Waals surface area contributed by atoms with Gasteiger partial charge in [0.2, 0.25) is 0 Å². The number of hydrogen-bond acceptors (Lipinski definition) is 3. The molecule has 1 atom stereocenters. The number of hydrogen-bond donors (Lipinski definition) is 2. The Labute approximate surface area is 64.6 Å². The average molecular weight is 154 g/mol. The highest BCUT2D eigenvalue weighted by Gasteiger charge is 2.61. The highest BCUT2D eigenvalue weighted by atomic mass is 16.4. The minimum atomic E-state index is -1.22. The summed E-state index contributed by atoms with van der Waals surface area (Å²) in [6, 6.07) is 1.82. The van der Waals surface area contributed by atoms with Gasteiger partial charge in [0, 0.05) is 0 Å². The Morgan fingerprint density at radius 3 is 2.36 bits per heavy atom. The molecule has 0 bridgehead atoms. The Balaban J connectivity index is 2.92. The van der Waals surface area contributed by atoms with Crippen LogP contribution in [0.2, 0.25) is 0 Å². The number of rotatable bonds is 2. The van der Waals surface area contributed by atoms with Gasteiger partial charge in [-0.1, -0.05) is 0 Å². The van der Waals surface area contributed by atoms with Crippen LogP contribution in [0.25, 0.3) is 0 Å². The Morgan fingerprint density at radius 2 is 2.27 bits per heavy atom. The summed E-state index contributed by atoms with van der Waals surface area (Å²) in [5.41, 5.74) is 3.32. The first-order chi connectivity index (χ1) is 4.96. The van der Waals surface area contributed by atoms with E-state index < -0.39 is 16.9 Å². The van der Waals surface area contributed by atoms with Gasteiger partial charge in [-0.2, -0.15) is 5.26 Å². The second kappa shape index (κ2) is 1.95. The maximum Gasteiger partial charge on any atom is 0.312 e. The predicted molar refractivity (Wildman–Crippen MR) is 37.5 cm³/mol. The molecule has 0 radical (unpaired) electrons. The summed E-state index contributed by atoms with van der Waals surface area (Å²) < 4.78 is 0. The first-order valence-corrected chi connectivity index (χ1v) is 3.40. The average Bonchev–Trinajstić information content (AvgIpc) is 2.66. The summed E-state index contributed by atoms with van der Waals surface area (Å²) in [7, 11) is 0. The maximum atomic E-state index is 10.7. The zero-order valence-corrected chi connectivity index (χ0v) is 6.29. The number of nitrogens with zero attached hydrogens (tertiary/aromatic N) is 1. The van der Waals surface area contributed by atoms with Crippen molar-refractivity contribution in [1.29, 1.82) is 5.26 Å². The molecule has 0 heterocycles. The molecule has 0 aromatic carbocycles. The molecule has 1 unspecified atom stereocenters. The molecule has 3 N–H and O–H groups in total. The van der Waals surface area contributed by atoms with Crippen LogP contribution in [0.4, 0.5) is 0 Å². The minimum Gasteiger partial charge on any atom is -0.481 e. The number of carbonyl (C=O) groups is 1. The van der Waals surface area contributed by atoms with E-state index in [1.54, 1.807) is 0 Å². The standard InChI is InChI=1S/C7H10N2O2/c1-6(9,4-8)7(2-3-7)5(10)11/h2-3,9H2,1H3,(H,10,11). The molecule has 1 fully saturated rings. The van der Waals surface area contributed by atoms with Crippen molar-refractivity contribution in [1.82, 2.24) is 0 Å². The number of nitrogens with two attached hydrogens (primary N) is 1. The molecule has 1 aliphatic carbocycles. The number of aliphatic carboxylic acids is 1. The monoisotopic (exact) mass is 154 g/mol. The van der Waals surface area contributed by atoms with E-state index in [2.05, 4.69) is 0 Å². The number of carboxylic acids is 1. The molecular formula is C7H10N2O2. The largest absolute Gasteiger partial charge is 0.481 e. The molecule has 4 heteroatoms. The molecule has 1 aliphatic rings. The van der Waals surface area contributed by atoms with Gasteiger partial charge in [-0.3, -0.25) is 4.79 Å². The molecule has 1 rings (SSSR count). The topological polar surface area (TPSA) is 87.1 Å². The normalized spacial score (nSPS) is 24.8. The molecule has 1 saturated carbocycles. The molecule has 0 amide bonds. The lowest BCUT2D eigenvalue weighted by Gasteiger charge is -2.22. The van der Waals surface area contributed by atoms with Gasteiger partial charge in [-0.05, 0) is 19.8 Å². The van der Waals surface area contributed by atoms with Crippen molar-refractivity contribution in [2.75, 3.05) is 0 Å². The second-order valence-electron chi connectivity index (χ2n) is 3.20. The third kappa shape index (κ3) is 0.889. The van der Waals surface area contributed by atoms with E-state index >= 15 is 0 Å². The van der Waals surface area contributed by atoms with Crippen molar-refractivity contribution < 1.29 is 9.90 Å². The molecule has 0 aliphatic heterocycles. The zero-order valence-electron chi connectivity index (χ0n) is 6.29. The van der Waals surface area contributed by atoms with E-state index in [-0.39, 0.29) is 0 Å². The van der Waals surface area contributed by atoms with E-state index in [9.17, 15) is 4.79 Å². The minimum absolute atomic E-state index is 0.517. The van der Waals surface area contributed by atoms with Crippen LogP contribution in [-0.4, -0.2) is 16.6 Å². The first-order valence-electron chi connectivity index (χ1n) is 3.40. The Morgan fingerprint density at radius 1 is 1.82 bits per heavy atom. The Kier molecular flexibility index (Phi) is 1.43. The summed E-state index contributed by atoms with van der Waals surface area (Å²) >= 11 is 0. The maximum absolute atomic E-state index is 10.7. The molecule has 11 heavy (non-hydrogen) atoms. The molecule has 0 aromatic heterocycles. The van der Waals surface area contributed by atoms with Crippen molar-refractivity contribution >= 4 is 5.97 Å². The fourth-order valence-electron chi connectivity index (χ4n) is 1.19. The highest BCUT2D eigenvalue weighted by Crippen LogP contribution is 2.52. The second-order valence-corrected chi connectivity index (χ2v) is 3.20. The van der Waals surface area contributed by atoms with Crippen molar-refractivity contribution in [2.24, 2.45) is 11.1 Å². The van der Waals surface area contributed by atoms with Crippen molar-refractivity contribution in [3.8, 4) is 6.07 Å². The Hall–Kier alpha value is -1.08. The Bertz CT molecular complexity index is 235. The van der Waals surface area contributed by atoms with Gasteiger partial charge in [0.05, 0.1) is 11.5 Å². The molecule has 0 saturated heterocycles. The lowest BCUT2D eigenvalue weighted by Crippen LogP contribution is -2.48. The van der Waals surface area contributed by atoms with Gasteiger partial charge in [0.25, 0.3) is 0 Å². The summed E-state index contributed by atoms with van der Waals surface area (Å²) in [4.78, 5) is 10.7. The summed E-state index contributed by atoms with van der Waals surface area (Å²) in [6.07, 6.45) is 1.03. The van der Waals surface area contributed by atoms with Crippen LogP contribution in [0, 0.1) is 16.7 Å². The van der Waals surface area contributed by atoms with Gasteiger partial charge >= 0.3 is 5.97 Å². The van der Waals surface area contributed by atoms with Gasteiger partial charge in [0.15, 0.2) is 0 Å². The molecule has 4 nitrogen and oxygen atoms in total. The lowest BCUT2D eigenvalue weighted by atomic mass is 9.85. The van der Waals surface area contributed by atoms with Crippen LogP contribution < -0.4 is 5.73 Å². The fourth-order valence-corrected chi connectivity index (χ4v) is 1.19. The molecule has 0 spiro atoms. The van der Waals surface area contributed by atoms with E-state index in [0.717, 1.165) is 0 Å². The van der Waals surface area contributed by atoms with Crippen LogP contribution in [0.5, 0.6) is 0 Å². The van der Waals surface area contributed by atoms with Gasteiger partial charge in [0.1, 0.15) is 5.54 Å². The van der Waals surface area contributed by atoms with Gasteiger partial charge in [-0.15, -0.1) is 0 Å². The summed E-state index contributed by atoms with van der Waals surface area (Å²) in [5, 5.41) is 17.3. The van der Waals surface area contributed by atoms with Crippen molar-refractivity contribution in [3.63, 3.8) is 0 Å². The van der Waals surface area contributed by atoms with E-state index in [0.29, 0.717) is 12.8 Å². The van der Waals surface area contributed by atoms with Gasteiger partial charge in [-0.25, -0.2) is 0 Å². The van der Waals surface area contributed by atoms with Crippen LogP contribution in [0.1, 0.15) is 19.8 Å². The smallest absolute Gasteiger partial charge is 0.312 e. The van der Waals surface area contributed by atoms with Crippen molar-refractivity contribution in [2.45, 2.75) is 25.3 Å². The van der Waals surface area contributed by atoms with Crippen LogP contribution in [0.3, 0.4) is 0 Å². The fraction of sp³-hybridized carbons (Fsp3) is 0.714. The van der Waals surface area contributed by atoms with Crippen LogP contribution >= 0.6 is 0 Å². The third-order valence-corrected chi connectivity index (χ3v) is 2.39. The molecule has 60 valence electrons. The van der Waals surface area contributed by atoms with Crippen molar-refractivity contribution in [3.05, 3.63) is 0 Å². The van der Waals surface area contributed by atoms with Gasteiger partial charge < -0.3 is 10.8 Å². The van der Waals surface area contributed by atoms with E-state index in [1.807, 2.05) is 6.07 Å². The summed E-state index contributed by atoms with van der Waals surface area (Å²) in [6.45, 7) is 1.47.